The average Bonchev–Trinajstić information content (AvgIpc) is 2.70. The minimum atomic E-state index is -3.32. The third-order valence-electron chi connectivity index (χ3n) is 4.08. The molecule has 0 fully saturated rings. The third-order valence-corrected chi connectivity index (χ3v) is 5.05. The summed E-state index contributed by atoms with van der Waals surface area (Å²) in [7, 11) is -1.81. The number of anilines is 1. The lowest BCUT2D eigenvalue weighted by atomic mass is 10.1. The van der Waals surface area contributed by atoms with Crippen molar-refractivity contribution in [2.24, 2.45) is 0 Å². The Morgan fingerprint density at radius 2 is 1.48 bits per heavy atom. The monoisotopic (exact) mass is 417 g/mol. The molecule has 2 aromatic rings. The second-order valence-corrected chi connectivity index (χ2v) is 8.72. The molecule has 0 aliphatic rings. The Kier molecular flexibility index (Phi) is 7.49. The quantitative estimate of drug-likeness (QED) is 0.596. The van der Waals surface area contributed by atoms with Gasteiger partial charge in [0, 0.05) is 30.1 Å². The van der Waals surface area contributed by atoms with Crippen LogP contribution < -0.4 is 16.0 Å². The van der Waals surface area contributed by atoms with Crippen molar-refractivity contribution in [1.82, 2.24) is 10.6 Å². The molecule has 0 bridgehead atoms. The molecule has 0 aliphatic carbocycles. The zero-order valence-corrected chi connectivity index (χ0v) is 17.0. The summed E-state index contributed by atoms with van der Waals surface area (Å²) < 4.78 is 23.0. The Hall–Kier alpha value is -3.20. The van der Waals surface area contributed by atoms with E-state index in [4.69, 9.17) is 0 Å². The fourth-order valence-electron chi connectivity index (χ4n) is 2.51. The van der Waals surface area contributed by atoms with Gasteiger partial charge in [-0.3, -0.25) is 14.4 Å². The number of carbonyl (C=O) groups is 3. The number of rotatable bonds is 8. The molecule has 3 N–H and O–H groups in total. The maximum atomic E-state index is 12.7. The number of amides is 3. The molecular formula is C20H23N3O5S. The molecule has 0 spiro atoms. The molecule has 2 rings (SSSR count). The minimum Gasteiger partial charge on any atom is -0.355 e. The van der Waals surface area contributed by atoms with Crippen molar-refractivity contribution in [2.45, 2.75) is 12.5 Å². The normalized spacial score (nSPS) is 11.9. The van der Waals surface area contributed by atoms with E-state index < -0.39 is 27.7 Å². The summed E-state index contributed by atoms with van der Waals surface area (Å²) in [6.45, 7) is 0. The lowest BCUT2D eigenvalue weighted by molar-refractivity contribution is -0.118. The Morgan fingerprint density at radius 1 is 0.897 bits per heavy atom. The van der Waals surface area contributed by atoms with Gasteiger partial charge >= 0.3 is 0 Å². The second-order valence-electron chi connectivity index (χ2n) is 6.46. The third kappa shape index (κ3) is 7.04. The standard InChI is InChI=1S/C20H23N3O5S/c1-21-18(24)15-8-10-16(11-9-15)22-20(26)17(12-13-29(2,27)28)23-19(25)14-6-4-3-5-7-14/h3-11,17H,12-13H2,1-2H3,(H,21,24)(H,22,26)(H,23,25)/t17-/m1/s1. The molecule has 0 aliphatic heterocycles. The Bertz CT molecular complexity index is 973. The lowest BCUT2D eigenvalue weighted by Gasteiger charge is -2.18. The highest BCUT2D eigenvalue weighted by atomic mass is 32.2. The van der Waals surface area contributed by atoms with Gasteiger partial charge in [0.25, 0.3) is 11.8 Å². The molecule has 0 radical (unpaired) electrons. The van der Waals surface area contributed by atoms with E-state index in [2.05, 4.69) is 16.0 Å². The Morgan fingerprint density at radius 3 is 2.03 bits per heavy atom. The highest BCUT2D eigenvalue weighted by Crippen LogP contribution is 2.11. The van der Waals surface area contributed by atoms with Crippen LogP contribution in [0.2, 0.25) is 0 Å². The van der Waals surface area contributed by atoms with Crippen molar-refractivity contribution < 1.29 is 22.8 Å². The van der Waals surface area contributed by atoms with Gasteiger partial charge in [-0.15, -0.1) is 0 Å². The average molecular weight is 417 g/mol. The molecule has 0 saturated carbocycles. The van der Waals surface area contributed by atoms with Crippen LogP contribution >= 0.6 is 0 Å². The van der Waals surface area contributed by atoms with Crippen LogP contribution in [0.15, 0.2) is 54.6 Å². The lowest BCUT2D eigenvalue weighted by Crippen LogP contribution is -2.44. The summed E-state index contributed by atoms with van der Waals surface area (Å²) in [4.78, 5) is 36.7. The fourth-order valence-corrected chi connectivity index (χ4v) is 3.17. The van der Waals surface area contributed by atoms with Gasteiger partial charge in [0.2, 0.25) is 5.91 Å². The van der Waals surface area contributed by atoms with Crippen LogP contribution in [0.5, 0.6) is 0 Å². The zero-order chi connectivity index (χ0) is 21.4. The molecule has 3 amide bonds. The summed E-state index contributed by atoms with van der Waals surface area (Å²) in [5, 5.41) is 7.72. The van der Waals surface area contributed by atoms with Crippen molar-refractivity contribution in [3.05, 3.63) is 65.7 Å². The van der Waals surface area contributed by atoms with Crippen molar-refractivity contribution in [3.63, 3.8) is 0 Å². The highest BCUT2D eigenvalue weighted by Gasteiger charge is 2.23. The summed E-state index contributed by atoms with van der Waals surface area (Å²) in [6, 6.07) is 13.5. The molecule has 29 heavy (non-hydrogen) atoms. The van der Waals surface area contributed by atoms with Gasteiger partial charge in [-0.05, 0) is 42.8 Å². The first-order valence-corrected chi connectivity index (χ1v) is 10.9. The topological polar surface area (TPSA) is 121 Å². The van der Waals surface area contributed by atoms with Gasteiger partial charge in [-0.2, -0.15) is 0 Å². The van der Waals surface area contributed by atoms with Gasteiger partial charge in [-0.1, -0.05) is 18.2 Å². The van der Waals surface area contributed by atoms with E-state index in [9.17, 15) is 22.8 Å². The Balaban J connectivity index is 2.13. The van der Waals surface area contributed by atoms with Gasteiger partial charge in [0.05, 0.1) is 5.75 Å². The van der Waals surface area contributed by atoms with Crippen LogP contribution in [0.25, 0.3) is 0 Å². The van der Waals surface area contributed by atoms with Crippen molar-refractivity contribution in [2.75, 3.05) is 24.4 Å². The van der Waals surface area contributed by atoms with E-state index in [1.54, 1.807) is 54.6 Å². The van der Waals surface area contributed by atoms with E-state index in [1.165, 1.54) is 7.05 Å². The second kappa shape index (κ2) is 9.83. The van der Waals surface area contributed by atoms with E-state index >= 15 is 0 Å². The van der Waals surface area contributed by atoms with Crippen LogP contribution in [0.4, 0.5) is 5.69 Å². The Labute approximate surface area is 169 Å². The molecule has 9 heteroatoms. The van der Waals surface area contributed by atoms with E-state index in [0.29, 0.717) is 16.8 Å². The van der Waals surface area contributed by atoms with E-state index in [0.717, 1.165) is 6.26 Å². The van der Waals surface area contributed by atoms with Crippen LogP contribution in [-0.4, -0.2) is 51.2 Å². The summed E-state index contributed by atoms with van der Waals surface area (Å²) in [5.41, 5.74) is 1.21. The van der Waals surface area contributed by atoms with Crippen molar-refractivity contribution in [1.29, 1.82) is 0 Å². The number of carbonyl (C=O) groups excluding carboxylic acids is 3. The van der Waals surface area contributed by atoms with Crippen LogP contribution in [0.1, 0.15) is 27.1 Å². The van der Waals surface area contributed by atoms with Gasteiger partial charge in [0.15, 0.2) is 0 Å². The molecular weight excluding hydrogens is 394 g/mol. The number of nitrogens with one attached hydrogen (secondary N) is 3. The summed E-state index contributed by atoms with van der Waals surface area (Å²) >= 11 is 0. The van der Waals surface area contributed by atoms with E-state index in [1.807, 2.05) is 0 Å². The number of benzene rings is 2. The van der Waals surface area contributed by atoms with Crippen molar-refractivity contribution >= 4 is 33.2 Å². The van der Waals surface area contributed by atoms with Crippen molar-refractivity contribution in [3.8, 4) is 0 Å². The van der Waals surface area contributed by atoms with E-state index in [-0.39, 0.29) is 18.1 Å². The molecule has 0 unspecified atom stereocenters. The maximum Gasteiger partial charge on any atom is 0.251 e. The molecule has 0 heterocycles. The zero-order valence-electron chi connectivity index (χ0n) is 16.1. The van der Waals surface area contributed by atoms with Crippen LogP contribution in [0.3, 0.4) is 0 Å². The van der Waals surface area contributed by atoms with Gasteiger partial charge < -0.3 is 16.0 Å². The number of hydrogen-bond donors (Lipinski definition) is 3. The smallest absolute Gasteiger partial charge is 0.251 e. The van der Waals surface area contributed by atoms with Crippen LogP contribution in [0, 0.1) is 0 Å². The SMILES string of the molecule is CNC(=O)c1ccc(NC(=O)[C@@H](CCS(C)(=O)=O)NC(=O)c2ccccc2)cc1. The number of sulfone groups is 1. The van der Waals surface area contributed by atoms with Gasteiger partial charge in [-0.25, -0.2) is 8.42 Å². The molecule has 0 aromatic heterocycles. The summed E-state index contributed by atoms with van der Waals surface area (Å²) in [5.74, 6) is -1.54. The predicted octanol–water partition coefficient (Wildman–Crippen LogP) is 1.22. The molecule has 154 valence electrons. The maximum absolute atomic E-state index is 12.7. The van der Waals surface area contributed by atoms with Crippen LogP contribution in [-0.2, 0) is 14.6 Å². The first-order chi connectivity index (χ1) is 13.7. The molecule has 1 atom stereocenters. The number of hydrogen-bond acceptors (Lipinski definition) is 5. The molecule has 2 aromatic carbocycles. The fraction of sp³-hybridized carbons (Fsp3) is 0.250. The highest BCUT2D eigenvalue weighted by molar-refractivity contribution is 7.90. The first kappa shape index (κ1) is 22.1. The molecule has 0 saturated heterocycles. The first-order valence-electron chi connectivity index (χ1n) is 8.86. The predicted molar refractivity (Wildman–Crippen MR) is 110 cm³/mol. The molecule has 8 nitrogen and oxygen atoms in total. The van der Waals surface area contributed by atoms with Gasteiger partial charge in [0.1, 0.15) is 15.9 Å². The summed E-state index contributed by atoms with van der Waals surface area (Å²) in [6.07, 6.45) is 0.998. The largest absolute Gasteiger partial charge is 0.355 e. The minimum absolute atomic E-state index is 0.0699.